The van der Waals surface area contributed by atoms with E-state index in [2.05, 4.69) is 9.98 Å². The molecule has 4 N–H and O–H groups in total. The lowest BCUT2D eigenvalue weighted by atomic mass is 10.1. The molecule has 1 aromatic heterocycles. The quantitative estimate of drug-likeness (QED) is 0.457. The second-order valence-electron chi connectivity index (χ2n) is 5.56. The van der Waals surface area contributed by atoms with Crippen molar-refractivity contribution >= 4 is 24.3 Å². The molecule has 1 aliphatic heterocycles. The monoisotopic (exact) mass is 363 g/mol. The highest BCUT2D eigenvalue weighted by molar-refractivity contribution is 7.71. The van der Waals surface area contributed by atoms with Crippen LogP contribution in [0, 0.1) is 4.77 Å². The molecule has 1 aromatic carbocycles. The third-order valence-electron chi connectivity index (χ3n) is 3.87. The number of aliphatic hydroxyl groups is 3. The van der Waals surface area contributed by atoms with E-state index in [1.165, 1.54) is 10.6 Å². The van der Waals surface area contributed by atoms with Crippen LogP contribution in [0.4, 0.5) is 5.82 Å². The van der Waals surface area contributed by atoms with Crippen molar-refractivity contribution in [1.29, 1.82) is 0 Å². The number of H-pyrrole nitrogens is 1. The Morgan fingerprint density at radius 1 is 1.28 bits per heavy atom. The molecule has 2 aromatic rings. The van der Waals surface area contributed by atoms with Crippen molar-refractivity contribution in [2.45, 2.75) is 24.5 Å². The smallest absolute Gasteiger partial charge is 0.253 e. The summed E-state index contributed by atoms with van der Waals surface area (Å²) in [5.74, 6) is 0.160. The van der Waals surface area contributed by atoms with E-state index in [9.17, 15) is 20.1 Å². The maximum Gasteiger partial charge on any atom is 0.253 e. The summed E-state index contributed by atoms with van der Waals surface area (Å²) in [7, 11) is 0. The van der Waals surface area contributed by atoms with Gasteiger partial charge in [-0.25, -0.2) is 4.99 Å². The predicted molar refractivity (Wildman–Crippen MR) is 92.6 cm³/mol. The van der Waals surface area contributed by atoms with Crippen molar-refractivity contribution in [3.8, 4) is 0 Å². The van der Waals surface area contributed by atoms with Gasteiger partial charge in [0.1, 0.15) is 24.1 Å². The standard InChI is InChI=1S/C16H17N3O5S/c20-8-10-13(22)14(23)15(24-10)19-11(6-12(21)18-16(19)25)17-7-9-4-2-1-3-5-9/h1-7,10,13-15,20,22-23H,8H2,(H,18,21,25)/b17-7+/t10-,13-,14-,15-/m1/s1. The molecule has 1 aliphatic rings. The van der Waals surface area contributed by atoms with Crippen LogP contribution in [0.3, 0.4) is 0 Å². The third-order valence-corrected chi connectivity index (χ3v) is 4.17. The molecule has 0 saturated carbocycles. The molecule has 3 rings (SSSR count). The highest BCUT2D eigenvalue weighted by Gasteiger charge is 2.44. The number of ether oxygens (including phenoxy) is 1. The molecule has 0 spiro atoms. The molecular weight excluding hydrogens is 346 g/mol. The van der Waals surface area contributed by atoms with E-state index in [0.717, 1.165) is 5.56 Å². The molecule has 1 fully saturated rings. The van der Waals surface area contributed by atoms with E-state index in [0.29, 0.717) is 0 Å². The minimum atomic E-state index is -1.33. The Bertz CT molecular complexity index is 879. The number of hydrogen-bond donors (Lipinski definition) is 4. The molecule has 0 bridgehead atoms. The van der Waals surface area contributed by atoms with Crippen LogP contribution in [0.1, 0.15) is 11.8 Å². The molecule has 8 nitrogen and oxygen atoms in total. The number of rotatable bonds is 4. The summed E-state index contributed by atoms with van der Waals surface area (Å²) in [6.45, 7) is -0.464. The van der Waals surface area contributed by atoms with E-state index in [4.69, 9.17) is 17.0 Å². The Morgan fingerprint density at radius 3 is 2.64 bits per heavy atom. The minimum Gasteiger partial charge on any atom is -0.394 e. The van der Waals surface area contributed by atoms with Crippen molar-refractivity contribution in [2.24, 2.45) is 4.99 Å². The lowest BCUT2D eigenvalue weighted by molar-refractivity contribution is -0.0532. The number of benzene rings is 1. The molecule has 9 heteroatoms. The van der Waals surface area contributed by atoms with Crippen LogP contribution in [0.25, 0.3) is 0 Å². The summed E-state index contributed by atoms with van der Waals surface area (Å²) < 4.78 is 6.78. The van der Waals surface area contributed by atoms with E-state index in [1.54, 1.807) is 6.21 Å². The zero-order valence-electron chi connectivity index (χ0n) is 13.0. The number of nitrogens with one attached hydrogen (secondary N) is 1. The first-order chi connectivity index (χ1) is 12.0. The van der Waals surface area contributed by atoms with Crippen LogP contribution in [0.2, 0.25) is 0 Å². The van der Waals surface area contributed by atoms with Gasteiger partial charge in [0, 0.05) is 12.3 Å². The molecule has 0 unspecified atom stereocenters. The summed E-state index contributed by atoms with van der Waals surface area (Å²) in [6, 6.07) is 10.4. The third kappa shape index (κ3) is 3.60. The van der Waals surface area contributed by atoms with Gasteiger partial charge in [0.2, 0.25) is 0 Å². The molecular formula is C16H17N3O5S. The average molecular weight is 363 g/mol. The summed E-state index contributed by atoms with van der Waals surface area (Å²) in [6.07, 6.45) is -3.11. The Hall–Kier alpha value is -2.17. The molecule has 25 heavy (non-hydrogen) atoms. The zero-order valence-corrected chi connectivity index (χ0v) is 13.8. The van der Waals surface area contributed by atoms with Crippen LogP contribution < -0.4 is 5.56 Å². The van der Waals surface area contributed by atoms with Gasteiger partial charge in [-0.3, -0.25) is 14.3 Å². The van der Waals surface area contributed by atoms with Crippen molar-refractivity contribution in [2.75, 3.05) is 6.61 Å². The Balaban J connectivity index is 2.04. The van der Waals surface area contributed by atoms with Gasteiger partial charge in [0.25, 0.3) is 5.56 Å². The zero-order chi connectivity index (χ0) is 18.0. The largest absolute Gasteiger partial charge is 0.394 e. The molecule has 0 amide bonds. The van der Waals surface area contributed by atoms with E-state index < -0.39 is 36.7 Å². The fourth-order valence-electron chi connectivity index (χ4n) is 2.61. The highest BCUT2D eigenvalue weighted by atomic mass is 32.1. The number of aromatic amines is 1. The molecule has 4 atom stereocenters. The van der Waals surface area contributed by atoms with Crippen molar-refractivity contribution in [3.05, 3.63) is 57.1 Å². The minimum absolute atomic E-state index is 0.0115. The average Bonchev–Trinajstić information content (AvgIpc) is 2.88. The van der Waals surface area contributed by atoms with E-state index in [1.807, 2.05) is 30.3 Å². The first-order valence-corrected chi connectivity index (χ1v) is 7.99. The first-order valence-electron chi connectivity index (χ1n) is 7.58. The highest BCUT2D eigenvalue weighted by Crippen LogP contribution is 2.32. The van der Waals surface area contributed by atoms with Gasteiger partial charge in [0.05, 0.1) is 6.61 Å². The Morgan fingerprint density at radius 2 is 2.00 bits per heavy atom. The topological polar surface area (TPSA) is 120 Å². The maximum absolute atomic E-state index is 11.8. The lowest BCUT2D eigenvalue weighted by Crippen LogP contribution is -2.33. The van der Waals surface area contributed by atoms with Crippen molar-refractivity contribution < 1.29 is 20.1 Å². The van der Waals surface area contributed by atoms with Gasteiger partial charge in [-0.15, -0.1) is 0 Å². The lowest BCUT2D eigenvalue weighted by Gasteiger charge is -2.20. The Kier molecular flexibility index (Phi) is 5.21. The molecule has 0 aliphatic carbocycles. The summed E-state index contributed by atoms with van der Waals surface area (Å²) in [4.78, 5) is 18.5. The molecule has 0 radical (unpaired) electrons. The summed E-state index contributed by atoms with van der Waals surface area (Å²) in [5, 5.41) is 29.4. The van der Waals surface area contributed by atoms with Crippen LogP contribution in [0.15, 0.2) is 46.2 Å². The van der Waals surface area contributed by atoms with E-state index in [-0.39, 0.29) is 10.6 Å². The molecule has 2 heterocycles. The normalized spacial score (nSPS) is 26.4. The number of aromatic nitrogens is 2. The van der Waals surface area contributed by atoms with Crippen LogP contribution in [-0.4, -0.2) is 56.0 Å². The van der Waals surface area contributed by atoms with Crippen LogP contribution in [0.5, 0.6) is 0 Å². The number of hydrogen-bond acceptors (Lipinski definition) is 7. The molecule has 132 valence electrons. The fourth-order valence-corrected chi connectivity index (χ4v) is 2.91. The first kappa shape index (κ1) is 17.6. The Labute approximate surface area is 147 Å². The van der Waals surface area contributed by atoms with Gasteiger partial charge < -0.3 is 20.1 Å². The van der Waals surface area contributed by atoms with Gasteiger partial charge >= 0.3 is 0 Å². The fraction of sp³-hybridized carbons (Fsp3) is 0.312. The second kappa shape index (κ2) is 7.38. The summed E-state index contributed by atoms with van der Waals surface area (Å²) in [5.41, 5.74) is 0.356. The van der Waals surface area contributed by atoms with E-state index >= 15 is 0 Å². The maximum atomic E-state index is 11.8. The number of aliphatic imine (C=N–C) groups is 1. The predicted octanol–water partition coefficient (Wildman–Crippen LogP) is 0.268. The van der Waals surface area contributed by atoms with Crippen molar-refractivity contribution in [3.63, 3.8) is 0 Å². The number of aliphatic hydroxyl groups excluding tert-OH is 3. The van der Waals surface area contributed by atoms with Gasteiger partial charge in [0.15, 0.2) is 11.0 Å². The second-order valence-corrected chi connectivity index (χ2v) is 5.95. The van der Waals surface area contributed by atoms with Crippen LogP contribution in [-0.2, 0) is 4.74 Å². The van der Waals surface area contributed by atoms with Gasteiger partial charge in [-0.1, -0.05) is 30.3 Å². The summed E-state index contributed by atoms with van der Waals surface area (Å²) >= 11 is 5.16. The van der Waals surface area contributed by atoms with Gasteiger partial charge in [-0.2, -0.15) is 0 Å². The van der Waals surface area contributed by atoms with Gasteiger partial charge in [-0.05, 0) is 17.8 Å². The number of nitrogens with zero attached hydrogens (tertiary/aromatic N) is 2. The van der Waals surface area contributed by atoms with Crippen molar-refractivity contribution in [1.82, 2.24) is 9.55 Å². The SMILES string of the molecule is O=c1cc(/N=C/c2ccccc2)n([C@@H]2O[C@H](CO)[C@@H](O)[C@H]2O)c(=S)[nH]1. The molecule has 1 saturated heterocycles. The van der Waals surface area contributed by atoms with Crippen LogP contribution >= 0.6 is 12.2 Å².